The number of phosphoric acid groups is 1. The molecule has 322 valence electrons. The Morgan fingerprint density at radius 3 is 1.20 bits per heavy atom. The number of unbranched alkanes of at least 4 members (excludes halogenated alkanes) is 18. The van der Waals surface area contributed by atoms with Gasteiger partial charge in [0.25, 0.3) is 0 Å². The Hall–Kier alpha value is -2.51. The van der Waals surface area contributed by atoms with Crippen molar-refractivity contribution in [3.63, 3.8) is 0 Å². The van der Waals surface area contributed by atoms with Crippen LogP contribution in [-0.2, 0) is 28.2 Å². The lowest BCUT2D eigenvalue weighted by Gasteiger charge is -2.18. The fourth-order valence-electron chi connectivity index (χ4n) is 5.88. The molecule has 0 heterocycles. The van der Waals surface area contributed by atoms with Crippen molar-refractivity contribution in [1.29, 1.82) is 0 Å². The smallest absolute Gasteiger partial charge is 0.462 e. The molecule has 0 saturated carbocycles. The van der Waals surface area contributed by atoms with Crippen LogP contribution in [0.3, 0.4) is 0 Å². The van der Waals surface area contributed by atoms with E-state index in [9.17, 15) is 14.2 Å². The second-order valence-corrected chi connectivity index (χ2v) is 15.9. The van der Waals surface area contributed by atoms with E-state index in [-0.39, 0.29) is 19.4 Å². The maximum Gasteiger partial charge on any atom is 0.469 e. The molecule has 0 radical (unpaired) electrons. The van der Waals surface area contributed by atoms with E-state index in [1.165, 1.54) is 109 Å². The van der Waals surface area contributed by atoms with Crippen LogP contribution in [0, 0.1) is 0 Å². The van der Waals surface area contributed by atoms with E-state index in [4.69, 9.17) is 19.3 Å². The lowest BCUT2D eigenvalue weighted by Crippen LogP contribution is -2.29. The molecule has 0 aromatic carbocycles. The molecule has 0 unspecified atom stereocenters. The Bertz CT molecular complexity index is 1130. The highest BCUT2D eigenvalue weighted by molar-refractivity contribution is 7.46. The Morgan fingerprint density at radius 1 is 0.464 bits per heavy atom. The van der Waals surface area contributed by atoms with Gasteiger partial charge in [0.1, 0.15) is 6.61 Å². The molecule has 0 saturated heterocycles. The summed E-state index contributed by atoms with van der Waals surface area (Å²) in [6.45, 7) is 3.60. The van der Waals surface area contributed by atoms with Gasteiger partial charge in [0.2, 0.25) is 0 Å². The van der Waals surface area contributed by atoms with Crippen molar-refractivity contribution in [3.05, 3.63) is 72.9 Å². The molecule has 2 N–H and O–H groups in total. The number of phosphoric ester groups is 1. The molecule has 0 bridgehead atoms. The van der Waals surface area contributed by atoms with Gasteiger partial charge in [0.05, 0.1) is 6.61 Å². The summed E-state index contributed by atoms with van der Waals surface area (Å²) in [5, 5.41) is 0. The summed E-state index contributed by atoms with van der Waals surface area (Å²) in [5.41, 5.74) is 0. The highest BCUT2D eigenvalue weighted by atomic mass is 31.2. The van der Waals surface area contributed by atoms with Gasteiger partial charge in [-0.1, -0.05) is 177 Å². The molecule has 0 aromatic rings. The number of carbonyl (C=O) groups is 2. The Balaban J connectivity index is 4.07. The number of esters is 2. The first-order chi connectivity index (χ1) is 27.3. The topological polar surface area (TPSA) is 119 Å². The summed E-state index contributed by atoms with van der Waals surface area (Å²) in [6.07, 6.45) is 55.0. The largest absolute Gasteiger partial charge is 0.469 e. The third kappa shape index (κ3) is 44.2. The van der Waals surface area contributed by atoms with Crippen molar-refractivity contribution in [2.75, 3.05) is 13.2 Å². The zero-order valence-corrected chi connectivity index (χ0v) is 36.4. The monoisotopic (exact) mass is 805 g/mol. The van der Waals surface area contributed by atoms with Crippen LogP contribution in [0.1, 0.15) is 194 Å². The number of ether oxygens (including phenoxy) is 2. The highest BCUT2D eigenvalue weighted by Crippen LogP contribution is 2.36. The van der Waals surface area contributed by atoms with Crippen molar-refractivity contribution in [1.82, 2.24) is 0 Å². The summed E-state index contributed by atoms with van der Waals surface area (Å²) in [4.78, 5) is 42.8. The SMILES string of the molecule is CCCCCCCCC/C=C/C/C=C/C/C=C/C/C=C/CCCC(=O)O[C@H](COC(=O)CCC/C=C/C/C=C/CCCCCCCCCCC)COP(=O)(O)O. The van der Waals surface area contributed by atoms with Crippen molar-refractivity contribution in [2.45, 2.75) is 200 Å². The normalized spacial score (nSPS) is 13.1. The minimum atomic E-state index is -4.78. The molecule has 0 aliphatic rings. The first-order valence-electron chi connectivity index (χ1n) is 22.2. The number of carbonyl (C=O) groups excluding carboxylic acids is 2. The molecule has 8 nitrogen and oxygen atoms in total. The van der Waals surface area contributed by atoms with E-state index in [2.05, 4.69) is 85.2 Å². The average Bonchev–Trinajstić information content (AvgIpc) is 3.17. The number of hydrogen-bond donors (Lipinski definition) is 2. The predicted octanol–water partition coefficient (Wildman–Crippen LogP) is 13.9. The zero-order valence-electron chi connectivity index (χ0n) is 35.5. The minimum Gasteiger partial charge on any atom is -0.462 e. The maximum absolute atomic E-state index is 12.4. The van der Waals surface area contributed by atoms with E-state index in [0.717, 1.165) is 38.5 Å². The summed E-state index contributed by atoms with van der Waals surface area (Å²) in [6, 6.07) is 0. The van der Waals surface area contributed by atoms with Crippen molar-refractivity contribution in [3.8, 4) is 0 Å². The fraction of sp³-hybridized carbons (Fsp3) is 0.702. The third-order valence-electron chi connectivity index (χ3n) is 9.20. The van der Waals surface area contributed by atoms with Gasteiger partial charge in [-0.2, -0.15) is 0 Å². The van der Waals surface area contributed by atoms with Gasteiger partial charge in [-0.3, -0.25) is 14.1 Å². The van der Waals surface area contributed by atoms with Crippen molar-refractivity contribution < 1.29 is 37.9 Å². The van der Waals surface area contributed by atoms with Crippen LogP contribution in [0.4, 0.5) is 0 Å². The molecule has 0 fully saturated rings. The molecule has 0 aliphatic heterocycles. The predicted molar refractivity (Wildman–Crippen MR) is 234 cm³/mol. The van der Waals surface area contributed by atoms with E-state index in [1.54, 1.807) is 0 Å². The van der Waals surface area contributed by atoms with Crippen LogP contribution in [0.5, 0.6) is 0 Å². The van der Waals surface area contributed by atoms with Crippen LogP contribution in [0.15, 0.2) is 72.9 Å². The quantitative estimate of drug-likeness (QED) is 0.0272. The third-order valence-corrected chi connectivity index (χ3v) is 9.68. The standard InChI is InChI=1S/C47H81O8P/c1-3-5-7-9-11-13-15-17-19-21-22-23-24-26-28-30-32-34-36-38-40-42-47(49)55-45(44-54-56(50,51)52)43-53-46(48)41-39-37-35-33-31-29-27-25-20-18-16-14-12-10-8-6-4-2/h19,21,23-24,27-30,33-36,45H,3-18,20,22,25-26,31-32,37-44H2,1-2H3,(H2,50,51,52)/b21-19+,24-23+,29-27+,30-28+,35-33+,36-34+/t45-/m1/s1. The molecule has 0 aliphatic carbocycles. The second-order valence-electron chi connectivity index (χ2n) is 14.7. The molecule has 0 rings (SSSR count). The maximum atomic E-state index is 12.4. The summed E-state index contributed by atoms with van der Waals surface area (Å²) >= 11 is 0. The molecule has 56 heavy (non-hydrogen) atoms. The van der Waals surface area contributed by atoms with Gasteiger partial charge in [0, 0.05) is 12.8 Å². The molecular formula is C47H81O8P. The van der Waals surface area contributed by atoms with Gasteiger partial charge in [0.15, 0.2) is 6.10 Å². The zero-order chi connectivity index (χ0) is 41.1. The van der Waals surface area contributed by atoms with Gasteiger partial charge >= 0.3 is 19.8 Å². The Labute approximate surface area is 342 Å². The highest BCUT2D eigenvalue weighted by Gasteiger charge is 2.22. The second kappa shape index (κ2) is 42.1. The average molecular weight is 805 g/mol. The van der Waals surface area contributed by atoms with Gasteiger partial charge in [-0.15, -0.1) is 0 Å². The molecule has 0 amide bonds. The fourth-order valence-corrected chi connectivity index (χ4v) is 6.24. The Kier molecular flexibility index (Phi) is 40.2. The molecule has 0 aromatic heterocycles. The molecule has 0 spiro atoms. The Morgan fingerprint density at radius 2 is 0.804 bits per heavy atom. The van der Waals surface area contributed by atoms with E-state index in [1.807, 2.05) is 6.08 Å². The number of rotatable bonds is 40. The van der Waals surface area contributed by atoms with Crippen LogP contribution in [-0.4, -0.2) is 41.0 Å². The summed E-state index contributed by atoms with van der Waals surface area (Å²) < 4.78 is 26.3. The molecule has 9 heteroatoms. The van der Waals surface area contributed by atoms with Gasteiger partial charge in [-0.25, -0.2) is 4.57 Å². The van der Waals surface area contributed by atoms with Crippen molar-refractivity contribution in [2.24, 2.45) is 0 Å². The van der Waals surface area contributed by atoms with Gasteiger partial charge < -0.3 is 19.3 Å². The van der Waals surface area contributed by atoms with E-state index < -0.39 is 32.5 Å². The number of hydrogen-bond acceptors (Lipinski definition) is 6. The van der Waals surface area contributed by atoms with E-state index in [0.29, 0.717) is 19.3 Å². The van der Waals surface area contributed by atoms with Crippen LogP contribution < -0.4 is 0 Å². The molecule has 1 atom stereocenters. The van der Waals surface area contributed by atoms with Crippen molar-refractivity contribution >= 4 is 19.8 Å². The van der Waals surface area contributed by atoms with Crippen LogP contribution in [0.2, 0.25) is 0 Å². The lowest BCUT2D eigenvalue weighted by atomic mass is 10.1. The van der Waals surface area contributed by atoms with Crippen LogP contribution >= 0.6 is 7.82 Å². The van der Waals surface area contributed by atoms with Crippen LogP contribution in [0.25, 0.3) is 0 Å². The van der Waals surface area contributed by atoms with Gasteiger partial charge in [-0.05, 0) is 77.0 Å². The minimum absolute atomic E-state index is 0.125. The van der Waals surface area contributed by atoms with E-state index >= 15 is 0 Å². The first kappa shape index (κ1) is 53.5. The number of allylic oxidation sites excluding steroid dienone is 12. The lowest BCUT2D eigenvalue weighted by molar-refractivity contribution is -0.161. The molecular weight excluding hydrogens is 723 g/mol. The summed E-state index contributed by atoms with van der Waals surface area (Å²) in [7, 11) is -4.78. The summed E-state index contributed by atoms with van der Waals surface area (Å²) in [5.74, 6) is -1.01. The first-order valence-corrected chi connectivity index (χ1v) is 23.8.